The molecular weight excluding hydrogens is 400 g/mol. The highest BCUT2D eigenvalue weighted by atomic mass is 16.6. The zero-order chi connectivity index (χ0) is 22.8. The second kappa shape index (κ2) is 9.11. The maximum atomic E-state index is 12.8. The maximum absolute atomic E-state index is 12.8. The first-order valence-electron chi connectivity index (χ1n) is 10.8. The molecule has 31 heavy (non-hydrogen) atoms. The minimum absolute atomic E-state index is 0.0229. The lowest BCUT2D eigenvalue weighted by Crippen LogP contribution is -2.60. The van der Waals surface area contributed by atoms with Crippen LogP contribution < -0.4 is 16.2 Å². The summed E-state index contributed by atoms with van der Waals surface area (Å²) in [6, 6.07) is 0.977. The standard InChI is InChI=1S/C22H32N4O5/c1-13-11-18(28)23-12-15(13)20(29)24-16-5-6-17(27)25-19(16)14-7-9-26(10-8-14)21(30)31-22(2,3)4/h11-12,14,16,19H,5-10H2,1-4H3,(H,23,28)(H,24,29)(H,25,27)/t16-,19+/m1/s1. The number of aromatic amines is 1. The number of carbonyl (C=O) groups is 3. The number of nitrogens with zero attached hydrogens (tertiary/aromatic N) is 1. The molecule has 3 amide bonds. The minimum atomic E-state index is -0.541. The topological polar surface area (TPSA) is 121 Å². The molecule has 2 aliphatic rings. The fraction of sp³-hybridized carbons (Fsp3) is 0.636. The van der Waals surface area contributed by atoms with Crippen LogP contribution in [0.3, 0.4) is 0 Å². The summed E-state index contributed by atoms with van der Waals surface area (Å²) in [4.78, 5) is 52.9. The summed E-state index contributed by atoms with van der Waals surface area (Å²) in [5.41, 5.74) is 0.215. The van der Waals surface area contributed by atoms with Crippen LogP contribution in [0.5, 0.6) is 0 Å². The Labute approximate surface area is 181 Å². The van der Waals surface area contributed by atoms with E-state index in [1.54, 1.807) is 11.8 Å². The Morgan fingerprint density at radius 3 is 2.45 bits per heavy atom. The van der Waals surface area contributed by atoms with Crippen LogP contribution in [-0.2, 0) is 9.53 Å². The molecular formula is C22H32N4O5. The first kappa shape index (κ1) is 22.8. The molecule has 9 heteroatoms. The van der Waals surface area contributed by atoms with E-state index in [2.05, 4.69) is 15.6 Å². The Bertz CT molecular complexity index is 896. The molecule has 9 nitrogen and oxygen atoms in total. The lowest BCUT2D eigenvalue weighted by Gasteiger charge is -2.42. The molecule has 0 aromatic carbocycles. The van der Waals surface area contributed by atoms with Crippen molar-refractivity contribution in [2.24, 2.45) is 5.92 Å². The Kier molecular flexibility index (Phi) is 6.71. The normalized spacial score (nSPS) is 22.6. The third-order valence-electron chi connectivity index (χ3n) is 5.84. The molecule has 0 bridgehead atoms. The number of pyridine rings is 1. The number of ether oxygens (including phenoxy) is 1. The van der Waals surface area contributed by atoms with Gasteiger partial charge in [-0.05, 0) is 58.4 Å². The van der Waals surface area contributed by atoms with Gasteiger partial charge in [-0.25, -0.2) is 4.79 Å². The first-order chi connectivity index (χ1) is 14.5. The summed E-state index contributed by atoms with van der Waals surface area (Å²) in [6.45, 7) is 8.33. The molecule has 3 heterocycles. The van der Waals surface area contributed by atoms with Crippen molar-refractivity contribution >= 4 is 17.9 Å². The monoisotopic (exact) mass is 432 g/mol. The number of hydrogen-bond donors (Lipinski definition) is 3. The molecule has 0 unspecified atom stereocenters. The summed E-state index contributed by atoms with van der Waals surface area (Å²) in [5.74, 6) is -0.152. The van der Waals surface area contributed by atoms with Crippen molar-refractivity contribution in [1.82, 2.24) is 20.5 Å². The van der Waals surface area contributed by atoms with Crippen molar-refractivity contribution in [3.8, 4) is 0 Å². The molecule has 2 aliphatic heterocycles. The largest absolute Gasteiger partial charge is 0.444 e. The van der Waals surface area contributed by atoms with Crippen molar-refractivity contribution < 1.29 is 19.1 Å². The molecule has 170 valence electrons. The van der Waals surface area contributed by atoms with Crippen LogP contribution in [-0.4, -0.2) is 58.6 Å². The Morgan fingerprint density at radius 2 is 1.84 bits per heavy atom. The number of aryl methyl sites for hydroxylation is 1. The van der Waals surface area contributed by atoms with Gasteiger partial charge >= 0.3 is 6.09 Å². The van der Waals surface area contributed by atoms with Crippen molar-refractivity contribution in [1.29, 1.82) is 0 Å². The number of nitrogens with one attached hydrogen (secondary N) is 3. The molecule has 0 aliphatic carbocycles. The van der Waals surface area contributed by atoms with Gasteiger partial charge in [-0.1, -0.05) is 0 Å². The zero-order valence-electron chi connectivity index (χ0n) is 18.6. The molecule has 2 atom stereocenters. The van der Waals surface area contributed by atoms with Crippen molar-refractivity contribution in [2.45, 2.75) is 71.1 Å². The molecule has 1 aromatic rings. The number of likely N-dealkylation sites (tertiary alicyclic amines) is 1. The number of amides is 3. The van der Waals surface area contributed by atoms with E-state index >= 15 is 0 Å². The van der Waals surface area contributed by atoms with E-state index in [1.165, 1.54) is 12.3 Å². The van der Waals surface area contributed by atoms with E-state index < -0.39 is 5.60 Å². The second-order valence-corrected chi connectivity index (χ2v) is 9.41. The highest BCUT2D eigenvalue weighted by Crippen LogP contribution is 2.27. The maximum Gasteiger partial charge on any atom is 0.410 e. The SMILES string of the molecule is Cc1cc(=O)[nH]cc1C(=O)N[C@@H]1CCC(=O)N[C@H]1C1CCN(C(=O)OC(C)(C)C)CC1. The Hall–Kier alpha value is -2.84. The fourth-order valence-electron chi connectivity index (χ4n) is 4.26. The first-order valence-corrected chi connectivity index (χ1v) is 10.8. The molecule has 2 fully saturated rings. The predicted molar refractivity (Wildman–Crippen MR) is 115 cm³/mol. The lowest BCUT2D eigenvalue weighted by molar-refractivity contribution is -0.124. The summed E-state index contributed by atoms with van der Waals surface area (Å²) in [5, 5.41) is 6.10. The van der Waals surface area contributed by atoms with Gasteiger partial charge in [0.15, 0.2) is 0 Å². The summed E-state index contributed by atoms with van der Waals surface area (Å²) >= 11 is 0. The summed E-state index contributed by atoms with van der Waals surface area (Å²) in [7, 11) is 0. The van der Waals surface area contributed by atoms with Gasteiger partial charge in [-0.15, -0.1) is 0 Å². The third-order valence-corrected chi connectivity index (χ3v) is 5.84. The molecule has 1 aromatic heterocycles. The number of piperidine rings is 2. The summed E-state index contributed by atoms with van der Waals surface area (Å²) in [6.07, 6.45) is 3.43. The average molecular weight is 433 g/mol. The third kappa shape index (κ3) is 5.86. The van der Waals surface area contributed by atoms with E-state index in [9.17, 15) is 19.2 Å². The smallest absolute Gasteiger partial charge is 0.410 e. The van der Waals surface area contributed by atoms with Crippen LogP contribution in [0, 0.1) is 12.8 Å². The van der Waals surface area contributed by atoms with Gasteiger partial charge in [0.05, 0.1) is 17.6 Å². The highest BCUT2D eigenvalue weighted by Gasteiger charge is 2.38. The van der Waals surface area contributed by atoms with Crippen LogP contribution in [0.2, 0.25) is 0 Å². The average Bonchev–Trinajstić information content (AvgIpc) is 2.68. The second-order valence-electron chi connectivity index (χ2n) is 9.41. The van der Waals surface area contributed by atoms with Crippen LogP contribution in [0.4, 0.5) is 4.79 Å². The van der Waals surface area contributed by atoms with E-state index in [4.69, 9.17) is 4.74 Å². The van der Waals surface area contributed by atoms with Gasteiger partial charge in [-0.2, -0.15) is 0 Å². The number of rotatable bonds is 3. The van der Waals surface area contributed by atoms with Gasteiger partial charge in [0, 0.05) is 31.8 Å². The van der Waals surface area contributed by atoms with Gasteiger partial charge < -0.3 is 25.3 Å². The fourth-order valence-corrected chi connectivity index (χ4v) is 4.26. The van der Waals surface area contributed by atoms with Gasteiger partial charge in [0.2, 0.25) is 11.5 Å². The minimum Gasteiger partial charge on any atom is -0.444 e. The molecule has 2 saturated heterocycles. The van der Waals surface area contributed by atoms with Gasteiger partial charge in [0.25, 0.3) is 5.91 Å². The van der Waals surface area contributed by atoms with Crippen molar-refractivity contribution in [2.75, 3.05) is 13.1 Å². The Balaban J connectivity index is 1.64. The number of aromatic nitrogens is 1. The predicted octanol–water partition coefficient (Wildman–Crippen LogP) is 1.71. The quantitative estimate of drug-likeness (QED) is 0.671. The van der Waals surface area contributed by atoms with E-state index in [0.29, 0.717) is 49.9 Å². The molecule has 0 spiro atoms. The van der Waals surface area contributed by atoms with Crippen LogP contribution >= 0.6 is 0 Å². The van der Waals surface area contributed by atoms with E-state index in [-0.39, 0.29) is 41.5 Å². The van der Waals surface area contributed by atoms with Crippen LogP contribution in [0.15, 0.2) is 17.1 Å². The molecule has 3 rings (SSSR count). The van der Waals surface area contributed by atoms with Gasteiger partial charge in [0.1, 0.15) is 5.60 Å². The number of carbonyl (C=O) groups excluding carboxylic acids is 3. The zero-order valence-corrected chi connectivity index (χ0v) is 18.6. The number of H-pyrrole nitrogens is 1. The Morgan fingerprint density at radius 1 is 1.16 bits per heavy atom. The van der Waals surface area contributed by atoms with Crippen molar-refractivity contribution in [3.05, 3.63) is 33.7 Å². The van der Waals surface area contributed by atoms with Crippen LogP contribution in [0.1, 0.15) is 62.4 Å². The lowest BCUT2D eigenvalue weighted by atomic mass is 9.81. The van der Waals surface area contributed by atoms with E-state index in [0.717, 1.165) is 0 Å². The number of hydrogen-bond acceptors (Lipinski definition) is 5. The molecule has 0 radical (unpaired) electrons. The summed E-state index contributed by atoms with van der Waals surface area (Å²) < 4.78 is 5.45. The highest BCUT2D eigenvalue weighted by molar-refractivity contribution is 5.95. The van der Waals surface area contributed by atoms with Crippen LogP contribution in [0.25, 0.3) is 0 Å². The molecule has 3 N–H and O–H groups in total. The molecule has 0 saturated carbocycles. The van der Waals surface area contributed by atoms with Gasteiger partial charge in [-0.3, -0.25) is 14.4 Å². The van der Waals surface area contributed by atoms with E-state index in [1.807, 2.05) is 20.8 Å². The van der Waals surface area contributed by atoms with Crippen molar-refractivity contribution in [3.63, 3.8) is 0 Å².